The van der Waals surface area contributed by atoms with Gasteiger partial charge in [0, 0.05) is 13.6 Å². The predicted octanol–water partition coefficient (Wildman–Crippen LogP) is 4.59. The number of para-hydroxylation sites is 2. The number of hydrogen-bond acceptors (Lipinski definition) is 2. The van der Waals surface area contributed by atoms with Gasteiger partial charge in [-0.15, -0.1) is 0 Å². The van der Waals surface area contributed by atoms with Gasteiger partial charge in [0.15, 0.2) is 0 Å². The molecule has 0 aliphatic rings. The zero-order valence-electron chi connectivity index (χ0n) is 13.2. The van der Waals surface area contributed by atoms with Crippen LogP contribution in [0, 0.1) is 5.41 Å². The number of rotatable bonds is 7. The first-order valence-electron chi connectivity index (χ1n) is 7.69. The lowest BCUT2D eigenvalue weighted by atomic mass is 9.87. The van der Waals surface area contributed by atoms with Crippen molar-refractivity contribution >= 4 is 17.0 Å². The molecule has 110 valence electrons. The van der Waals surface area contributed by atoms with Crippen molar-refractivity contribution in [3.05, 3.63) is 24.3 Å². The van der Waals surface area contributed by atoms with Crippen molar-refractivity contribution in [1.82, 2.24) is 9.55 Å². The molecule has 3 heteroatoms. The molecule has 3 nitrogen and oxygen atoms in total. The van der Waals surface area contributed by atoms with Crippen molar-refractivity contribution in [1.29, 1.82) is 0 Å². The first kappa shape index (κ1) is 14.9. The van der Waals surface area contributed by atoms with Crippen LogP contribution in [0.1, 0.15) is 46.5 Å². The second-order valence-electron chi connectivity index (χ2n) is 6.46. The summed E-state index contributed by atoms with van der Waals surface area (Å²) < 4.78 is 2.14. The molecule has 1 aromatic carbocycles. The van der Waals surface area contributed by atoms with Crippen molar-refractivity contribution in [2.75, 3.05) is 11.9 Å². The van der Waals surface area contributed by atoms with E-state index in [9.17, 15) is 0 Å². The van der Waals surface area contributed by atoms with Gasteiger partial charge in [-0.05, 0) is 24.0 Å². The molecule has 0 spiro atoms. The second kappa shape index (κ2) is 6.29. The SMILES string of the molecule is CCCCCC(C)(C)CNc1nc2ccccc2n1C. The highest BCUT2D eigenvalue weighted by Crippen LogP contribution is 2.25. The zero-order chi connectivity index (χ0) is 14.6. The highest BCUT2D eigenvalue weighted by molar-refractivity contribution is 5.78. The molecule has 0 fully saturated rings. The Bertz CT molecular complexity index is 554. The summed E-state index contributed by atoms with van der Waals surface area (Å²) in [5.41, 5.74) is 2.55. The standard InChI is InChI=1S/C17H27N3/c1-5-6-9-12-17(2,3)13-18-16-19-14-10-7-8-11-15(14)20(16)4/h7-8,10-11H,5-6,9,12-13H2,1-4H3,(H,18,19). The number of anilines is 1. The zero-order valence-corrected chi connectivity index (χ0v) is 13.2. The molecule has 0 unspecified atom stereocenters. The Hall–Kier alpha value is -1.51. The van der Waals surface area contributed by atoms with Gasteiger partial charge in [0.05, 0.1) is 11.0 Å². The second-order valence-corrected chi connectivity index (χ2v) is 6.46. The molecule has 2 aromatic rings. The normalized spacial score (nSPS) is 12.0. The van der Waals surface area contributed by atoms with Crippen molar-refractivity contribution in [3.8, 4) is 0 Å². The third kappa shape index (κ3) is 3.53. The highest BCUT2D eigenvalue weighted by atomic mass is 15.2. The van der Waals surface area contributed by atoms with Crippen LogP contribution >= 0.6 is 0 Å². The molecule has 0 aliphatic heterocycles. The third-order valence-corrected chi connectivity index (χ3v) is 3.97. The quantitative estimate of drug-likeness (QED) is 0.748. The van der Waals surface area contributed by atoms with Crippen molar-refractivity contribution < 1.29 is 0 Å². The maximum absolute atomic E-state index is 4.66. The third-order valence-electron chi connectivity index (χ3n) is 3.97. The molecule has 0 amide bonds. The van der Waals surface area contributed by atoms with Crippen LogP contribution in [0.25, 0.3) is 11.0 Å². The molecule has 0 aliphatic carbocycles. The molecular weight excluding hydrogens is 246 g/mol. The average Bonchev–Trinajstić information content (AvgIpc) is 2.74. The van der Waals surface area contributed by atoms with E-state index in [-0.39, 0.29) is 0 Å². The van der Waals surface area contributed by atoms with Crippen LogP contribution in [0.5, 0.6) is 0 Å². The van der Waals surface area contributed by atoms with E-state index in [1.54, 1.807) is 0 Å². The summed E-state index contributed by atoms with van der Waals surface area (Å²) >= 11 is 0. The van der Waals surface area contributed by atoms with Crippen LogP contribution in [0.4, 0.5) is 5.95 Å². The molecular formula is C17H27N3. The summed E-state index contributed by atoms with van der Waals surface area (Å²) in [5.74, 6) is 0.967. The molecule has 0 radical (unpaired) electrons. The van der Waals surface area contributed by atoms with Gasteiger partial charge in [0.25, 0.3) is 0 Å². The Kier molecular flexibility index (Phi) is 4.69. The van der Waals surface area contributed by atoms with Crippen molar-refractivity contribution in [2.45, 2.75) is 46.5 Å². The molecule has 1 aromatic heterocycles. The maximum atomic E-state index is 4.66. The van der Waals surface area contributed by atoms with Crippen LogP contribution in [-0.4, -0.2) is 16.1 Å². The first-order valence-corrected chi connectivity index (χ1v) is 7.69. The molecule has 0 saturated carbocycles. The summed E-state index contributed by atoms with van der Waals surface area (Å²) in [4.78, 5) is 4.66. The van der Waals surface area contributed by atoms with Gasteiger partial charge in [0.2, 0.25) is 5.95 Å². The number of nitrogens with one attached hydrogen (secondary N) is 1. The summed E-state index contributed by atoms with van der Waals surface area (Å²) in [7, 11) is 2.07. The van der Waals surface area contributed by atoms with Crippen LogP contribution in [0.3, 0.4) is 0 Å². The number of fused-ring (bicyclic) bond motifs is 1. The Morgan fingerprint density at radius 3 is 2.65 bits per heavy atom. The summed E-state index contributed by atoms with van der Waals surface area (Å²) in [6.07, 6.45) is 5.19. The number of unbranched alkanes of at least 4 members (excludes halogenated alkanes) is 2. The van der Waals surface area contributed by atoms with E-state index in [0.29, 0.717) is 5.41 Å². The Balaban J connectivity index is 2.00. The van der Waals surface area contributed by atoms with E-state index < -0.39 is 0 Å². The Morgan fingerprint density at radius 1 is 1.20 bits per heavy atom. The van der Waals surface area contributed by atoms with Gasteiger partial charge in [-0.3, -0.25) is 0 Å². The number of nitrogens with zero attached hydrogens (tertiary/aromatic N) is 2. The van der Waals surface area contributed by atoms with Gasteiger partial charge >= 0.3 is 0 Å². The Morgan fingerprint density at radius 2 is 1.95 bits per heavy atom. The number of benzene rings is 1. The number of imidazole rings is 1. The van der Waals surface area contributed by atoms with E-state index in [4.69, 9.17) is 0 Å². The summed E-state index contributed by atoms with van der Waals surface area (Å²) in [5, 5.41) is 3.52. The number of aryl methyl sites for hydroxylation is 1. The van der Waals surface area contributed by atoms with Crippen LogP contribution in [0.2, 0.25) is 0 Å². The predicted molar refractivity (Wildman–Crippen MR) is 87.1 cm³/mol. The maximum Gasteiger partial charge on any atom is 0.203 e. The van der Waals surface area contributed by atoms with Gasteiger partial charge in [-0.25, -0.2) is 4.98 Å². The van der Waals surface area contributed by atoms with Gasteiger partial charge in [-0.2, -0.15) is 0 Å². The van der Waals surface area contributed by atoms with Gasteiger partial charge in [-0.1, -0.05) is 52.2 Å². The van der Waals surface area contributed by atoms with E-state index in [0.717, 1.165) is 18.0 Å². The topological polar surface area (TPSA) is 29.9 Å². The fourth-order valence-electron chi connectivity index (χ4n) is 2.56. The lowest BCUT2D eigenvalue weighted by molar-refractivity contribution is 0.341. The molecule has 0 atom stereocenters. The van der Waals surface area contributed by atoms with Gasteiger partial charge in [0.1, 0.15) is 0 Å². The lowest BCUT2D eigenvalue weighted by Gasteiger charge is -2.25. The highest BCUT2D eigenvalue weighted by Gasteiger charge is 2.18. The molecule has 0 saturated heterocycles. The molecule has 20 heavy (non-hydrogen) atoms. The molecule has 1 N–H and O–H groups in total. The largest absolute Gasteiger partial charge is 0.355 e. The van der Waals surface area contributed by atoms with Crippen LogP contribution < -0.4 is 5.32 Å². The molecule has 2 rings (SSSR count). The minimum absolute atomic E-state index is 0.313. The van der Waals surface area contributed by atoms with Crippen molar-refractivity contribution in [2.24, 2.45) is 12.5 Å². The average molecular weight is 273 g/mol. The minimum atomic E-state index is 0.313. The molecule has 0 bridgehead atoms. The summed E-state index contributed by atoms with van der Waals surface area (Å²) in [6.45, 7) is 7.88. The minimum Gasteiger partial charge on any atom is -0.355 e. The fraction of sp³-hybridized carbons (Fsp3) is 0.588. The lowest BCUT2D eigenvalue weighted by Crippen LogP contribution is -2.24. The fourth-order valence-corrected chi connectivity index (χ4v) is 2.56. The van der Waals surface area contributed by atoms with E-state index in [1.807, 2.05) is 6.07 Å². The van der Waals surface area contributed by atoms with Crippen LogP contribution in [0.15, 0.2) is 24.3 Å². The van der Waals surface area contributed by atoms with E-state index in [2.05, 4.69) is 60.9 Å². The van der Waals surface area contributed by atoms with Crippen LogP contribution in [-0.2, 0) is 7.05 Å². The summed E-state index contributed by atoms with van der Waals surface area (Å²) in [6, 6.07) is 8.27. The van der Waals surface area contributed by atoms with Crippen molar-refractivity contribution in [3.63, 3.8) is 0 Å². The van der Waals surface area contributed by atoms with E-state index >= 15 is 0 Å². The molecule has 1 heterocycles. The van der Waals surface area contributed by atoms with E-state index in [1.165, 1.54) is 31.2 Å². The Labute approximate surface area is 122 Å². The smallest absolute Gasteiger partial charge is 0.203 e. The monoisotopic (exact) mass is 273 g/mol. The van der Waals surface area contributed by atoms with Gasteiger partial charge < -0.3 is 9.88 Å². The first-order chi connectivity index (χ1) is 9.53. The number of aromatic nitrogens is 2. The number of hydrogen-bond donors (Lipinski definition) is 1.